The molecule has 0 radical (unpaired) electrons. The number of hydrogen-bond donors (Lipinski definition) is 1. The van der Waals surface area contributed by atoms with Crippen LogP contribution in [-0.2, 0) is 0 Å². The van der Waals surface area contributed by atoms with Crippen molar-refractivity contribution in [2.24, 2.45) is 11.8 Å². The fourth-order valence-electron chi connectivity index (χ4n) is 4.39. The zero-order valence-corrected chi connectivity index (χ0v) is 14.3. The number of nitrogens with zero attached hydrogens (tertiary/aromatic N) is 3. The second-order valence-corrected chi connectivity index (χ2v) is 7.14. The van der Waals surface area contributed by atoms with Crippen molar-refractivity contribution in [3.63, 3.8) is 0 Å². The molecule has 1 saturated heterocycles. The topological polar surface area (TPSA) is 76.6 Å². The van der Waals surface area contributed by atoms with Crippen LogP contribution in [-0.4, -0.2) is 46.9 Å². The van der Waals surface area contributed by atoms with Gasteiger partial charge in [-0.15, -0.1) is 5.10 Å². The highest BCUT2D eigenvalue weighted by atomic mass is 16.7. The normalized spacial score (nSPS) is 26.0. The lowest BCUT2D eigenvalue weighted by atomic mass is 9.98. The molecule has 2 fully saturated rings. The molecule has 3 aliphatic rings. The van der Waals surface area contributed by atoms with Gasteiger partial charge in [-0.2, -0.15) is 5.10 Å². The van der Waals surface area contributed by atoms with Crippen molar-refractivity contribution in [2.75, 3.05) is 25.2 Å². The van der Waals surface area contributed by atoms with Crippen LogP contribution in [0.15, 0.2) is 36.5 Å². The summed E-state index contributed by atoms with van der Waals surface area (Å²) in [7, 11) is 0. The molecule has 3 atom stereocenters. The van der Waals surface area contributed by atoms with E-state index >= 15 is 0 Å². The molecule has 1 saturated carbocycles. The Bertz CT molecular complexity index is 829. The minimum atomic E-state index is 0.0657. The van der Waals surface area contributed by atoms with Crippen molar-refractivity contribution in [3.8, 4) is 11.5 Å². The highest BCUT2D eigenvalue weighted by Crippen LogP contribution is 2.40. The second kappa shape index (κ2) is 6.16. The van der Waals surface area contributed by atoms with Gasteiger partial charge in [-0.05, 0) is 49.1 Å². The van der Waals surface area contributed by atoms with Crippen LogP contribution in [0.2, 0.25) is 0 Å². The number of amides is 1. The molecule has 0 unspecified atom stereocenters. The Morgan fingerprint density at radius 2 is 2.08 bits per heavy atom. The summed E-state index contributed by atoms with van der Waals surface area (Å²) in [5.74, 6) is 3.22. The maximum absolute atomic E-state index is 12.9. The summed E-state index contributed by atoms with van der Waals surface area (Å²) in [6.07, 6.45) is 3.91. The average molecular weight is 352 g/mol. The Kier molecular flexibility index (Phi) is 3.65. The van der Waals surface area contributed by atoms with E-state index in [-0.39, 0.29) is 12.7 Å². The predicted octanol–water partition coefficient (Wildman–Crippen LogP) is 2.17. The Labute approximate surface area is 151 Å². The molecular formula is C19H20N4O3. The number of nitrogens with one attached hydrogen (secondary N) is 1. The molecule has 3 heterocycles. The summed E-state index contributed by atoms with van der Waals surface area (Å²) in [5.41, 5.74) is 0.660. The maximum atomic E-state index is 12.9. The number of rotatable bonds is 3. The fraction of sp³-hybridized carbons (Fsp3) is 0.421. The molecule has 7 nitrogen and oxygen atoms in total. The molecule has 5 rings (SSSR count). The third-order valence-electron chi connectivity index (χ3n) is 5.67. The molecule has 0 bridgehead atoms. The number of benzene rings is 1. The summed E-state index contributed by atoms with van der Waals surface area (Å²) >= 11 is 0. The van der Waals surface area contributed by atoms with Gasteiger partial charge in [0, 0.05) is 36.8 Å². The van der Waals surface area contributed by atoms with Gasteiger partial charge in [0.15, 0.2) is 11.5 Å². The molecule has 2 aromatic rings. The van der Waals surface area contributed by atoms with Crippen molar-refractivity contribution in [1.29, 1.82) is 0 Å². The Morgan fingerprint density at radius 3 is 2.96 bits per heavy atom. The molecule has 1 aromatic carbocycles. The van der Waals surface area contributed by atoms with Crippen molar-refractivity contribution >= 4 is 11.7 Å². The van der Waals surface area contributed by atoms with E-state index in [1.807, 2.05) is 29.2 Å². The second-order valence-electron chi connectivity index (χ2n) is 7.14. The highest BCUT2D eigenvalue weighted by molar-refractivity contribution is 5.95. The quantitative estimate of drug-likeness (QED) is 0.912. The van der Waals surface area contributed by atoms with Crippen LogP contribution < -0.4 is 14.8 Å². The van der Waals surface area contributed by atoms with Crippen LogP contribution in [0.5, 0.6) is 11.5 Å². The first-order valence-corrected chi connectivity index (χ1v) is 9.01. The lowest BCUT2D eigenvalue weighted by Gasteiger charge is -2.22. The summed E-state index contributed by atoms with van der Waals surface area (Å²) in [6.45, 7) is 1.81. The van der Waals surface area contributed by atoms with E-state index in [4.69, 9.17) is 9.47 Å². The molecule has 7 heteroatoms. The van der Waals surface area contributed by atoms with Crippen molar-refractivity contribution in [1.82, 2.24) is 15.1 Å². The fourth-order valence-corrected chi connectivity index (χ4v) is 4.39. The number of likely N-dealkylation sites (tertiary alicyclic amines) is 1. The largest absolute Gasteiger partial charge is 0.454 e. The zero-order valence-electron chi connectivity index (χ0n) is 14.3. The molecule has 134 valence electrons. The van der Waals surface area contributed by atoms with Crippen LogP contribution in [0.3, 0.4) is 0 Å². The summed E-state index contributed by atoms with van der Waals surface area (Å²) < 4.78 is 10.7. The SMILES string of the molecule is O=C(c1ccc2c(c1)OCO2)N1C[C@H]2CC[C@@H](Nc3cccnn3)[C@H]2C1. The van der Waals surface area contributed by atoms with Crippen molar-refractivity contribution < 1.29 is 14.3 Å². The standard InChI is InChI=1S/C19H20N4O3/c24-19(12-4-6-16-17(8-12)26-11-25-16)23-9-13-3-5-15(14(13)10-23)21-18-2-1-7-20-22-18/h1-2,4,6-8,13-15H,3,5,9-11H2,(H,21,22)/t13-,14+,15-/m1/s1. The van der Waals surface area contributed by atoms with E-state index in [2.05, 4.69) is 15.5 Å². The van der Waals surface area contributed by atoms with Crippen LogP contribution >= 0.6 is 0 Å². The predicted molar refractivity (Wildman–Crippen MR) is 94.1 cm³/mol. The summed E-state index contributed by atoms with van der Waals surface area (Å²) in [5, 5.41) is 11.5. The van der Waals surface area contributed by atoms with Gasteiger partial charge in [-0.3, -0.25) is 4.79 Å². The van der Waals surface area contributed by atoms with Gasteiger partial charge >= 0.3 is 0 Å². The molecule has 1 N–H and O–H groups in total. The van der Waals surface area contributed by atoms with Crippen LogP contribution in [0, 0.1) is 11.8 Å². The molecule has 1 amide bonds. The Morgan fingerprint density at radius 1 is 1.15 bits per heavy atom. The number of carbonyl (C=O) groups is 1. The van der Waals surface area contributed by atoms with Gasteiger partial charge in [0.25, 0.3) is 5.91 Å². The summed E-state index contributed by atoms with van der Waals surface area (Å²) in [4.78, 5) is 14.9. The van der Waals surface area contributed by atoms with Crippen LogP contribution in [0.1, 0.15) is 23.2 Å². The lowest BCUT2D eigenvalue weighted by molar-refractivity contribution is 0.0779. The first-order valence-electron chi connectivity index (χ1n) is 9.01. The number of aromatic nitrogens is 2. The number of ether oxygens (including phenoxy) is 2. The molecule has 2 aliphatic heterocycles. The van der Waals surface area contributed by atoms with Gasteiger partial charge in [0.1, 0.15) is 5.82 Å². The van der Waals surface area contributed by atoms with Crippen LogP contribution in [0.4, 0.5) is 5.82 Å². The van der Waals surface area contributed by atoms with Crippen molar-refractivity contribution in [2.45, 2.75) is 18.9 Å². The first-order chi connectivity index (χ1) is 12.8. The highest BCUT2D eigenvalue weighted by Gasteiger charge is 2.44. The van der Waals surface area contributed by atoms with Crippen LogP contribution in [0.25, 0.3) is 0 Å². The molecule has 26 heavy (non-hydrogen) atoms. The zero-order chi connectivity index (χ0) is 17.5. The minimum Gasteiger partial charge on any atom is -0.454 e. The number of anilines is 1. The van der Waals surface area contributed by atoms with E-state index in [0.717, 1.165) is 31.7 Å². The maximum Gasteiger partial charge on any atom is 0.254 e. The molecule has 0 spiro atoms. The monoisotopic (exact) mass is 352 g/mol. The van der Waals surface area contributed by atoms with E-state index in [1.165, 1.54) is 0 Å². The lowest BCUT2D eigenvalue weighted by Crippen LogP contribution is -2.33. The summed E-state index contributed by atoms with van der Waals surface area (Å²) in [6, 6.07) is 9.57. The van der Waals surface area contributed by atoms with E-state index in [0.29, 0.717) is 34.9 Å². The number of fused-ring (bicyclic) bond motifs is 2. The van der Waals surface area contributed by atoms with Gasteiger partial charge in [0.05, 0.1) is 0 Å². The Balaban J connectivity index is 1.29. The molecular weight excluding hydrogens is 332 g/mol. The van der Waals surface area contributed by atoms with E-state index < -0.39 is 0 Å². The third-order valence-corrected chi connectivity index (χ3v) is 5.67. The smallest absolute Gasteiger partial charge is 0.254 e. The average Bonchev–Trinajstić information content (AvgIpc) is 3.38. The van der Waals surface area contributed by atoms with E-state index in [1.54, 1.807) is 12.3 Å². The van der Waals surface area contributed by atoms with Gasteiger partial charge in [0.2, 0.25) is 6.79 Å². The minimum absolute atomic E-state index is 0.0657. The molecule has 1 aromatic heterocycles. The van der Waals surface area contributed by atoms with Gasteiger partial charge < -0.3 is 19.7 Å². The Hall–Kier alpha value is -2.83. The first kappa shape index (κ1) is 15.4. The van der Waals surface area contributed by atoms with E-state index in [9.17, 15) is 4.79 Å². The number of carbonyl (C=O) groups excluding carboxylic acids is 1. The van der Waals surface area contributed by atoms with Gasteiger partial charge in [-0.25, -0.2) is 0 Å². The third kappa shape index (κ3) is 2.64. The molecule has 1 aliphatic carbocycles. The van der Waals surface area contributed by atoms with Gasteiger partial charge in [-0.1, -0.05) is 0 Å². The van der Waals surface area contributed by atoms with Crippen molar-refractivity contribution in [3.05, 3.63) is 42.1 Å². The number of hydrogen-bond acceptors (Lipinski definition) is 6.